The molecule has 5 rings (SSSR count). The van der Waals surface area contributed by atoms with E-state index in [-0.39, 0.29) is 11.9 Å². The maximum Gasteiger partial charge on any atom is 0.196 e. The molecule has 1 atom stereocenters. The summed E-state index contributed by atoms with van der Waals surface area (Å²) in [5.41, 5.74) is 1.25. The molecular weight excluding hydrogens is 322 g/mol. The Morgan fingerprint density at radius 3 is 2.42 bits per heavy atom. The zero-order chi connectivity index (χ0) is 16.5. The van der Waals surface area contributed by atoms with Crippen LogP contribution in [-0.4, -0.2) is 36.4 Å². The average Bonchev–Trinajstić information content (AvgIpc) is 2.63. The van der Waals surface area contributed by atoms with E-state index in [1.165, 1.54) is 25.9 Å². The number of piperidine rings is 3. The van der Waals surface area contributed by atoms with Crippen LogP contribution in [0, 0.1) is 5.92 Å². The van der Waals surface area contributed by atoms with Crippen molar-refractivity contribution in [2.45, 2.75) is 18.9 Å². The molecule has 0 amide bonds. The number of ether oxygens (including phenoxy) is 1. The van der Waals surface area contributed by atoms with Crippen LogP contribution in [0.1, 0.15) is 28.8 Å². The van der Waals surface area contributed by atoms with Crippen LogP contribution < -0.4 is 4.74 Å². The lowest BCUT2D eigenvalue weighted by Crippen LogP contribution is -2.52. The van der Waals surface area contributed by atoms with Crippen molar-refractivity contribution in [1.29, 1.82) is 0 Å². The summed E-state index contributed by atoms with van der Waals surface area (Å²) in [7, 11) is 0. The number of hydrogen-bond acceptors (Lipinski definition) is 3. The number of para-hydroxylation sites is 1. The molecule has 3 heterocycles. The molecule has 2 aromatic carbocycles. The summed E-state index contributed by atoms with van der Waals surface area (Å²) < 4.78 is 6.30. The van der Waals surface area contributed by atoms with Gasteiger partial charge in [0.2, 0.25) is 0 Å². The van der Waals surface area contributed by atoms with Crippen LogP contribution in [0.25, 0.3) is 0 Å². The molecule has 0 spiro atoms. The maximum absolute atomic E-state index is 12.8. The van der Waals surface area contributed by atoms with E-state index in [4.69, 9.17) is 16.3 Å². The first-order chi connectivity index (χ1) is 11.7. The van der Waals surface area contributed by atoms with Crippen molar-refractivity contribution in [3.05, 3.63) is 64.7 Å². The van der Waals surface area contributed by atoms with Crippen LogP contribution in [0.15, 0.2) is 48.5 Å². The van der Waals surface area contributed by atoms with Crippen molar-refractivity contribution < 1.29 is 9.53 Å². The molecule has 0 aliphatic carbocycles. The second kappa shape index (κ2) is 6.58. The molecule has 0 radical (unpaired) electrons. The van der Waals surface area contributed by atoms with E-state index in [0.29, 0.717) is 27.8 Å². The van der Waals surface area contributed by atoms with Gasteiger partial charge in [0.25, 0.3) is 0 Å². The SMILES string of the molecule is O=C(c1ccc(Cl)cc1)c1ccccc1OC1CN2CCC1CC2. The molecule has 124 valence electrons. The molecule has 3 aliphatic heterocycles. The zero-order valence-electron chi connectivity index (χ0n) is 13.5. The first-order valence-corrected chi connectivity index (χ1v) is 8.87. The molecule has 0 aromatic heterocycles. The number of carbonyl (C=O) groups is 1. The van der Waals surface area contributed by atoms with Crippen LogP contribution >= 0.6 is 11.6 Å². The van der Waals surface area contributed by atoms with Crippen LogP contribution in [-0.2, 0) is 0 Å². The van der Waals surface area contributed by atoms with Crippen molar-refractivity contribution >= 4 is 17.4 Å². The van der Waals surface area contributed by atoms with Gasteiger partial charge >= 0.3 is 0 Å². The second-order valence-corrected chi connectivity index (χ2v) is 7.06. The molecule has 3 saturated heterocycles. The third-order valence-electron chi connectivity index (χ3n) is 5.11. The van der Waals surface area contributed by atoms with Gasteiger partial charge in [-0.3, -0.25) is 9.69 Å². The first kappa shape index (κ1) is 15.7. The van der Waals surface area contributed by atoms with E-state index in [2.05, 4.69) is 4.90 Å². The standard InChI is InChI=1S/C20H20ClNO2/c21-16-7-5-15(6-8-16)20(23)17-3-1-2-4-18(17)24-19-13-22-11-9-14(19)10-12-22/h1-8,14,19H,9-13H2. The molecule has 0 N–H and O–H groups in total. The molecule has 3 aliphatic rings. The molecule has 2 aromatic rings. The largest absolute Gasteiger partial charge is 0.488 e. The van der Waals surface area contributed by atoms with Gasteiger partial charge in [0, 0.05) is 17.1 Å². The smallest absolute Gasteiger partial charge is 0.196 e. The number of fused-ring (bicyclic) bond motifs is 3. The van der Waals surface area contributed by atoms with Crippen molar-refractivity contribution in [2.24, 2.45) is 5.92 Å². The fourth-order valence-corrected chi connectivity index (χ4v) is 3.85. The van der Waals surface area contributed by atoms with E-state index in [9.17, 15) is 4.79 Å². The molecular formula is C20H20ClNO2. The van der Waals surface area contributed by atoms with Crippen LogP contribution in [0.5, 0.6) is 5.75 Å². The summed E-state index contributed by atoms with van der Waals surface area (Å²) in [5, 5.41) is 0.628. The number of nitrogens with zero attached hydrogens (tertiary/aromatic N) is 1. The van der Waals surface area contributed by atoms with Crippen molar-refractivity contribution in [1.82, 2.24) is 4.90 Å². The summed E-state index contributed by atoms with van der Waals surface area (Å²) in [4.78, 5) is 15.3. The van der Waals surface area contributed by atoms with Crippen LogP contribution in [0.2, 0.25) is 5.02 Å². The minimum atomic E-state index is -0.0245. The zero-order valence-corrected chi connectivity index (χ0v) is 14.2. The third kappa shape index (κ3) is 3.06. The highest BCUT2D eigenvalue weighted by atomic mass is 35.5. The van der Waals surface area contributed by atoms with Gasteiger partial charge in [-0.25, -0.2) is 0 Å². The second-order valence-electron chi connectivity index (χ2n) is 6.63. The summed E-state index contributed by atoms with van der Waals surface area (Å²) in [6.07, 6.45) is 2.57. The highest BCUT2D eigenvalue weighted by molar-refractivity contribution is 6.30. The molecule has 1 unspecified atom stereocenters. The Bertz CT molecular complexity index is 736. The Morgan fingerprint density at radius 1 is 1.04 bits per heavy atom. The first-order valence-electron chi connectivity index (χ1n) is 8.49. The highest BCUT2D eigenvalue weighted by Crippen LogP contribution is 2.32. The monoisotopic (exact) mass is 341 g/mol. The van der Waals surface area contributed by atoms with E-state index in [0.717, 1.165) is 6.54 Å². The van der Waals surface area contributed by atoms with Crippen molar-refractivity contribution in [3.63, 3.8) is 0 Å². The summed E-state index contributed by atoms with van der Waals surface area (Å²) in [6, 6.07) is 14.6. The van der Waals surface area contributed by atoms with Crippen molar-refractivity contribution in [3.8, 4) is 5.75 Å². The normalized spacial score (nSPS) is 25.5. The number of carbonyl (C=O) groups excluding carboxylic acids is 1. The number of benzene rings is 2. The van der Waals surface area contributed by atoms with E-state index in [1.54, 1.807) is 24.3 Å². The number of hydrogen-bond donors (Lipinski definition) is 0. The maximum atomic E-state index is 12.8. The Kier molecular flexibility index (Phi) is 4.30. The van der Waals surface area contributed by atoms with Gasteiger partial charge in [-0.2, -0.15) is 0 Å². The number of ketones is 1. The lowest BCUT2D eigenvalue weighted by Gasteiger charge is -2.44. The number of rotatable bonds is 4. The fourth-order valence-electron chi connectivity index (χ4n) is 3.72. The summed E-state index contributed by atoms with van der Waals surface area (Å²) in [6.45, 7) is 3.32. The van der Waals surface area contributed by atoms with Gasteiger partial charge in [0.05, 0.1) is 5.56 Å². The lowest BCUT2D eigenvalue weighted by atomic mass is 9.86. The van der Waals surface area contributed by atoms with Gasteiger partial charge in [-0.1, -0.05) is 23.7 Å². The predicted octanol–water partition coefficient (Wildman–Crippen LogP) is 4.04. The number of halogens is 1. The topological polar surface area (TPSA) is 29.5 Å². The fraction of sp³-hybridized carbons (Fsp3) is 0.350. The Balaban J connectivity index is 1.58. The molecule has 2 bridgehead atoms. The Labute approximate surface area is 147 Å². The molecule has 0 saturated carbocycles. The summed E-state index contributed by atoms with van der Waals surface area (Å²) >= 11 is 5.92. The predicted molar refractivity (Wildman–Crippen MR) is 94.9 cm³/mol. The highest BCUT2D eigenvalue weighted by Gasteiger charge is 2.36. The lowest BCUT2D eigenvalue weighted by molar-refractivity contribution is -0.00804. The average molecular weight is 342 g/mol. The molecule has 4 heteroatoms. The Hall–Kier alpha value is -1.84. The molecule has 24 heavy (non-hydrogen) atoms. The quantitative estimate of drug-likeness (QED) is 0.786. The van der Waals surface area contributed by atoms with Crippen LogP contribution in [0.4, 0.5) is 0 Å². The summed E-state index contributed by atoms with van der Waals surface area (Å²) in [5.74, 6) is 1.27. The van der Waals surface area contributed by atoms with E-state index < -0.39 is 0 Å². The van der Waals surface area contributed by atoms with Gasteiger partial charge in [0.15, 0.2) is 5.78 Å². The Morgan fingerprint density at radius 2 is 1.75 bits per heavy atom. The van der Waals surface area contributed by atoms with E-state index >= 15 is 0 Å². The van der Waals surface area contributed by atoms with Crippen molar-refractivity contribution in [2.75, 3.05) is 19.6 Å². The minimum Gasteiger partial charge on any atom is -0.488 e. The van der Waals surface area contributed by atoms with Gasteiger partial charge in [0.1, 0.15) is 11.9 Å². The van der Waals surface area contributed by atoms with E-state index in [1.807, 2.05) is 24.3 Å². The third-order valence-corrected chi connectivity index (χ3v) is 5.36. The van der Waals surface area contributed by atoms with Crippen LogP contribution in [0.3, 0.4) is 0 Å². The molecule has 3 nitrogen and oxygen atoms in total. The van der Waals surface area contributed by atoms with Gasteiger partial charge < -0.3 is 4.74 Å². The molecule has 3 fully saturated rings. The minimum absolute atomic E-state index is 0.0245. The van der Waals surface area contributed by atoms with Gasteiger partial charge in [-0.05, 0) is 68.2 Å². The van der Waals surface area contributed by atoms with Gasteiger partial charge in [-0.15, -0.1) is 0 Å².